The molecule has 0 fully saturated rings. The van der Waals surface area contributed by atoms with E-state index in [0.29, 0.717) is 6.42 Å². The smallest absolute Gasteiger partial charge is 0.432 e. The van der Waals surface area contributed by atoms with Crippen LogP contribution in [0.15, 0.2) is 0 Å². The van der Waals surface area contributed by atoms with Gasteiger partial charge in [-0.05, 0) is 20.3 Å². The second kappa shape index (κ2) is 5.24. The van der Waals surface area contributed by atoms with E-state index in [2.05, 4.69) is 9.47 Å². The molecule has 4 heteroatoms. The number of hydrogen-bond acceptors (Lipinski definition) is 3. The number of hydrogen-bond donors (Lipinski definition) is 0. The van der Waals surface area contributed by atoms with Crippen LogP contribution in [0.5, 0.6) is 0 Å². The predicted molar refractivity (Wildman–Crippen MR) is 42.6 cm³/mol. The van der Waals surface area contributed by atoms with Crippen molar-refractivity contribution in [1.82, 2.24) is 0 Å². The van der Waals surface area contributed by atoms with Gasteiger partial charge in [-0.2, -0.15) is 0 Å². The summed E-state index contributed by atoms with van der Waals surface area (Å²) in [5, 5.41) is 0. The van der Waals surface area contributed by atoms with Crippen LogP contribution in [-0.4, -0.2) is 17.8 Å². The molecule has 0 aromatic heterocycles. The van der Waals surface area contributed by atoms with Gasteiger partial charge in [0, 0.05) is 0 Å². The molecule has 0 bridgehead atoms. The Morgan fingerprint density at radius 1 is 1.45 bits per heavy atom. The molecule has 0 aromatic rings. The third-order valence-electron chi connectivity index (χ3n) is 0.877. The highest BCUT2D eigenvalue weighted by molar-refractivity contribution is 6.20. The van der Waals surface area contributed by atoms with Gasteiger partial charge in [0.2, 0.25) is 0 Å². The summed E-state index contributed by atoms with van der Waals surface area (Å²) in [6, 6.07) is 0. The van der Waals surface area contributed by atoms with Crippen molar-refractivity contribution >= 4 is 17.8 Å². The number of carbonyl (C=O) groups is 1. The third kappa shape index (κ3) is 5.98. The Bertz CT molecular complexity index is 125. The van der Waals surface area contributed by atoms with Crippen LogP contribution in [0.4, 0.5) is 4.79 Å². The van der Waals surface area contributed by atoms with E-state index < -0.39 is 11.7 Å². The first-order valence-electron chi connectivity index (χ1n) is 3.57. The maximum absolute atomic E-state index is 10.7. The van der Waals surface area contributed by atoms with Crippen LogP contribution in [0.2, 0.25) is 0 Å². The van der Waals surface area contributed by atoms with Crippen LogP contribution in [0, 0.1) is 0 Å². The summed E-state index contributed by atoms with van der Waals surface area (Å²) in [4.78, 5) is 10.7. The highest BCUT2D eigenvalue weighted by atomic mass is 35.5. The highest BCUT2D eigenvalue weighted by Crippen LogP contribution is 2.05. The molecule has 0 unspecified atom stereocenters. The lowest BCUT2D eigenvalue weighted by molar-refractivity contribution is 0.0257. The van der Waals surface area contributed by atoms with Crippen LogP contribution in [0.3, 0.4) is 0 Å². The van der Waals surface area contributed by atoms with Gasteiger partial charge in [0.25, 0.3) is 0 Å². The van der Waals surface area contributed by atoms with Gasteiger partial charge in [-0.15, -0.1) is 0 Å². The first-order valence-corrected chi connectivity index (χ1v) is 4.01. The normalized spacial score (nSPS) is 12.8. The fourth-order valence-corrected chi connectivity index (χ4v) is 0.481. The average molecular weight is 181 g/mol. The zero-order chi connectivity index (χ0) is 8.85. The van der Waals surface area contributed by atoms with E-state index in [4.69, 9.17) is 11.6 Å². The van der Waals surface area contributed by atoms with Crippen molar-refractivity contribution in [2.24, 2.45) is 0 Å². The molecular formula is C7H13ClO3. The van der Waals surface area contributed by atoms with Crippen LogP contribution in [0.25, 0.3) is 0 Å². The van der Waals surface area contributed by atoms with Crippen LogP contribution in [-0.2, 0) is 9.47 Å². The van der Waals surface area contributed by atoms with Crippen molar-refractivity contribution in [2.75, 3.05) is 0 Å². The number of halogens is 1. The average Bonchev–Trinajstić information content (AvgIpc) is 1.85. The zero-order valence-electron chi connectivity index (χ0n) is 6.96. The molecule has 0 aromatic carbocycles. The van der Waals surface area contributed by atoms with E-state index in [1.807, 2.05) is 6.92 Å². The van der Waals surface area contributed by atoms with Gasteiger partial charge >= 0.3 is 6.16 Å². The fourth-order valence-electron chi connectivity index (χ4n) is 0.408. The summed E-state index contributed by atoms with van der Waals surface area (Å²) in [7, 11) is 0. The summed E-state index contributed by atoms with van der Waals surface area (Å²) >= 11 is 5.52. The lowest BCUT2D eigenvalue weighted by atomic mass is 10.5. The molecule has 0 radical (unpaired) electrons. The summed E-state index contributed by atoms with van der Waals surface area (Å²) in [5.41, 5.74) is -0.582. The maximum atomic E-state index is 10.7. The molecule has 11 heavy (non-hydrogen) atoms. The Kier molecular flexibility index (Phi) is 5.03. The molecule has 3 nitrogen and oxygen atoms in total. The zero-order valence-corrected chi connectivity index (χ0v) is 7.72. The van der Waals surface area contributed by atoms with E-state index >= 15 is 0 Å². The molecule has 0 saturated carbocycles. The number of ether oxygens (including phenoxy) is 2. The van der Waals surface area contributed by atoms with Crippen molar-refractivity contribution in [3.63, 3.8) is 0 Å². The molecule has 66 valence electrons. The topological polar surface area (TPSA) is 35.5 Å². The Labute approximate surface area is 71.6 Å². The van der Waals surface area contributed by atoms with E-state index in [1.165, 1.54) is 0 Å². The Hall–Kier alpha value is -0.440. The molecule has 0 rings (SSSR count). The predicted octanol–water partition coefficient (Wildman–Crippen LogP) is 2.52. The number of carbonyl (C=O) groups excluding carboxylic acids is 1. The number of rotatable bonds is 3. The van der Waals surface area contributed by atoms with E-state index in [-0.39, 0.29) is 6.10 Å². The molecule has 0 heterocycles. The SMILES string of the molecule is CC[C@H](Cl)OC(=O)OC(C)C. The molecule has 0 spiro atoms. The van der Waals surface area contributed by atoms with E-state index in [0.717, 1.165) is 0 Å². The lowest BCUT2D eigenvalue weighted by Crippen LogP contribution is -2.16. The molecule has 0 N–H and O–H groups in total. The van der Waals surface area contributed by atoms with Gasteiger partial charge in [-0.3, -0.25) is 0 Å². The van der Waals surface area contributed by atoms with Crippen molar-refractivity contribution in [3.8, 4) is 0 Å². The molecule has 0 amide bonds. The van der Waals surface area contributed by atoms with Gasteiger partial charge < -0.3 is 9.47 Å². The highest BCUT2D eigenvalue weighted by Gasteiger charge is 2.11. The fraction of sp³-hybridized carbons (Fsp3) is 0.857. The van der Waals surface area contributed by atoms with Crippen molar-refractivity contribution in [2.45, 2.75) is 38.9 Å². The van der Waals surface area contributed by atoms with E-state index in [9.17, 15) is 4.79 Å². The first kappa shape index (κ1) is 10.6. The largest absolute Gasteiger partial charge is 0.510 e. The van der Waals surface area contributed by atoms with Gasteiger partial charge in [0.15, 0.2) is 5.56 Å². The molecule has 0 aliphatic carbocycles. The summed E-state index contributed by atoms with van der Waals surface area (Å²) in [6.45, 7) is 5.31. The minimum absolute atomic E-state index is 0.164. The second-order valence-corrected chi connectivity index (χ2v) is 2.84. The summed E-state index contributed by atoms with van der Waals surface area (Å²) < 4.78 is 9.29. The standard InChI is InChI=1S/C7H13ClO3/c1-4-6(8)11-7(9)10-5(2)3/h5-6H,4H2,1-3H3/t6-/m1/s1. The van der Waals surface area contributed by atoms with Gasteiger partial charge in [0.1, 0.15) is 0 Å². The van der Waals surface area contributed by atoms with Crippen molar-refractivity contribution in [3.05, 3.63) is 0 Å². The van der Waals surface area contributed by atoms with Crippen LogP contribution in [0.1, 0.15) is 27.2 Å². The summed E-state index contributed by atoms with van der Waals surface area (Å²) in [6.07, 6.45) is -0.292. The Morgan fingerprint density at radius 2 is 2.00 bits per heavy atom. The molecule has 1 atom stereocenters. The van der Waals surface area contributed by atoms with E-state index in [1.54, 1.807) is 13.8 Å². The van der Waals surface area contributed by atoms with Gasteiger partial charge in [-0.25, -0.2) is 4.79 Å². The molecule has 0 saturated heterocycles. The molecule has 0 aliphatic rings. The number of alkyl halides is 1. The summed E-state index contributed by atoms with van der Waals surface area (Å²) in [5.74, 6) is 0. The minimum Gasteiger partial charge on any atom is -0.432 e. The Balaban J connectivity index is 3.52. The van der Waals surface area contributed by atoms with Crippen molar-refractivity contribution < 1.29 is 14.3 Å². The van der Waals surface area contributed by atoms with Crippen molar-refractivity contribution in [1.29, 1.82) is 0 Å². The first-order chi connectivity index (χ1) is 5.06. The quantitative estimate of drug-likeness (QED) is 0.495. The monoisotopic (exact) mass is 180 g/mol. The minimum atomic E-state index is -0.707. The van der Waals surface area contributed by atoms with Gasteiger partial charge in [0.05, 0.1) is 6.10 Å². The third-order valence-corrected chi connectivity index (χ3v) is 1.27. The molecular weight excluding hydrogens is 168 g/mol. The molecule has 0 aliphatic heterocycles. The van der Waals surface area contributed by atoms with Crippen LogP contribution >= 0.6 is 11.6 Å². The second-order valence-electron chi connectivity index (χ2n) is 2.35. The van der Waals surface area contributed by atoms with Crippen LogP contribution < -0.4 is 0 Å². The van der Waals surface area contributed by atoms with Gasteiger partial charge in [-0.1, -0.05) is 18.5 Å². The maximum Gasteiger partial charge on any atom is 0.510 e. The lowest BCUT2D eigenvalue weighted by Gasteiger charge is -2.10. The Morgan fingerprint density at radius 3 is 2.36 bits per heavy atom.